The molecule has 1 N–H and O–H groups in total. The van der Waals surface area contributed by atoms with Crippen molar-refractivity contribution in [2.24, 2.45) is 0 Å². The van der Waals surface area contributed by atoms with Gasteiger partial charge in [0.2, 0.25) is 0 Å². The van der Waals surface area contributed by atoms with Crippen LogP contribution in [0.5, 0.6) is 0 Å². The van der Waals surface area contributed by atoms with Gasteiger partial charge in [-0.25, -0.2) is 0 Å². The third-order valence-electron chi connectivity index (χ3n) is 5.85. The van der Waals surface area contributed by atoms with Gasteiger partial charge in [-0.2, -0.15) is 0 Å². The highest BCUT2D eigenvalue weighted by molar-refractivity contribution is 7.21. The van der Waals surface area contributed by atoms with Gasteiger partial charge in [0.25, 0.3) is 11.8 Å². The summed E-state index contributed by atoms with van der Waals surface area (Å²) in [6.07, 6.45) is 1.89. The Morgan fingerprint density at radius 1 is 1.33 bits per heavy atom. The van der Waals surface area contributed by atoms with E-state index in [1.54, 1.807) is 0 Å². The number of carbonyl (C=O) groups excluding carboxylic acids is 2. The molecule has 1 unspecified atom stereocenters. The molecule has 3 heterocycles. The standard InChI is InChI=1S/C21H27N3O2S/c1-4-15-12-23(9-10-24(15)13(2)3)21(26)14-5-6-18-17(11-14)16-7-8-22-20(25)19(16)27-18/h5-6,11,13,15H,4,7-10,12H2,1-3H3,(H,22,25). The fourth-order valence-corrected chi connectivity index (χ4v) is 5.52. The Hall–Kier alpha value is -1.92. The maximum absolute atomic E-state index is 13.2. The average molecular weight is 386 g/mol. The number of fused-ring (bicyclic) bond motifs is 3. The summed E-state index contributed by atoms with van der Waals surface area (Å²) in [5.41, 5.74) is 1.84. The normalized spacial score (nSPS) is 20.8. The Morgan fingerprint density at radius 3 is 2.89 bits per heavy atom. The van der Waals surface area contributed by atoms with Crippen molar-refractivity contribution in [3.05, 3.63) is 34.2 Å². The van der Waals surface area contributed by atoms with Crippen LogP contribution < -0.4 is 5.32 Å². The van der Waals surface area contributed by atoms with Gasteiger partial charge >= 0.3 is 0 Å². The van der Waals surface area contributed by atoms with Crippen LogP contribution in [-0.2, 0) is 6.42 Å². The van der Waals surface area contributed by atoms with Gasteiger partial charge in [0.05, 0.1) is 4.88 Å². The van der Waals surface area contributed by atoms with Crippen LogP contribution >= 0.6 is 11.3 Å². The molecule has 2 amide bonds. The molecule has 0 bridgehead atoms. The molecule has 0 aliphatic carbocycles. The minimum Gasteiger partial charge on any atom is -0.351 e. The highest BCUT2D eigenvalue weighted by atomic mass is 32.1. The second-order valence-electron chi connectivity index (χ2n) is 7.77. The van der Waals surface area contributed by atoms with E-state index in [4.69, 9.17) is 0 Å². The van der Waals surface area contributed by atoms with Crippen molar-refractivity contribution in [1.82, 2.24) is 15.1 Å². The lowest BCUT2D eigenvalue weighted by Crippen LogP contribution is -2.56. The summed E-state index contributed by atoms with van der Waals surface area (Å²) < 4.78 is 1.09. The number of piperazine rings is 1. The molecule has 1 aromatic carbocycles. The van der Waals surface area contributed by atoms with Crippen LogP contribution in [0.1, 0.15) is 52.8 Å². The maximum Gasteiger partial charge on any atom is 0.261 e. The summed E-state index contributed by atoms with van der Waals surface area (Å²) in [5.74, 6) is 0.125. The monoisotopic (exact) mass is 385 g/mol. The Labute approximate surface area is 164 Å². The molecule has 6 heteroatoms. The van der Waals surface area contributed by atoms with Crippen LogP contribution in [0.3, 0.4) is 0 Å². The molecule has 2 aromatic rings. The fraction of sp³-hybridized carbons (Fsp3) is 0.524. The SMILES string of the molecule is CCC1CN(C(=O)c2ccc3sc4c(c3c2)CCNC4=O)CCN1C(C)C. The molecule has 1 atom stereocenters. The molecule has 0 saturated carbocycles. The average Bonchev–Trinajstić information content (AvgIpc) is 3.06. The first kappa shape index (κ1) is 18.4. The quantitative estimate of drug-likeness (QED) is 0.883. The number of rotatable bonds is 3. The molecule has 1 aromatic heterocycles. The van der Waals surface area contributed by atoms with Gasteiger partial charge in [-0.3, -0.25) is 14.5 Å². The molecule has 5 nitrogen and oxygen atoms in total. The van der Waals surface area contributed by atoms with Crippen LogP contribution in [0.25, 0.3) is 10.1 Å². The van der Waals surface area contributed by atoms with Crippen molar-refractivity contribution in [3.8, 4) is 0 Å². The number of hydrogen-bond donors (Lipinski definition) is 1. The largest absolute Gasteiger partial charge is 0.351 e. The lowest BCUT2D eigenvalue weighted by atomic mass is 10.0. The first-order valence-corrected chi connectivity index (χ1v) is 10.7. The third kappa shape index (κ3) is 3.25. The van der Waals surface area contributed by atoms with E-state index in [1.807, 2.05) is 23.1 Å². The predicted molar refractivity (Wildman–Crippen MR) is 110 cm³/mol. The van der Waals surface area contributed by atoms with Crippen molar-refractivity contribution in [1.29, 1.82) is 0 Å². The van der Waals surface area contributed by atoms with Crippen molar-refractivity contribution in [2.45, 2.75) is 45.7 Å². The topological polar surface area (TPSA) is 52.7 Å². The van der Waals surface area contributed by atoms with E-state index < -0.39 is 0 Å². The van der Waals surface area contributed by atoms with Crippen molar-refractivity contribution < 1.29 is 9.59 Å². The van der Waals surface area contributed by atoms with Crippen molar-refractivity contribution in [3.63, 3.8) is 0 Å². The number of benzene rings is 1. The number of nitrogens with one attached hydrogen (secondary N) is 1. The van der Waals surface area contributed by atoms with Gasteiger partial charge < -0.3 is 10.2 Å². The summed E-state index contributed by atoms with van der Waals surface area (Å²) in [7, 11) is 0. The molecule has 2 aliphatic heterocycles. The summed E-state index contributed by atoms with van der Waals surface area (Å²) in [6.45, 7) is 9.81. The molecule has 2 aliphatic rings. The van der Waals surface area contributed by atoms with Gasteiger partial charge in [0.1, 0.15) is 0 Å². The van der Waals surface area contributed by atoms with E-state index >= 15 is 0 Å². The number of amides is 2. The van der Waals surface area contributed by atoms with Crippen molar-refractivity contribution in [2.75, 3.05) is 26.2 Å². The second kappa shape index (κ2) is 7.24. The van der Waals surface area contributed by atoms with E-state index in [0.29, 0.717) is 18.6 Å². The molecule has 4 rings (SSSR count). The minimum absolute atomic E-state index is 0.0147. The molecule has 27 heavy (non-hydrogen) atoms. The van der Waals surface area contributed by atoms with Crippen LogP contribution in [0.15, 0.2) is 18.2 Å². The fourth-order valence-electron chi connectivity index (χ4n) is 4.37. The Morgan fingerprint density at radius 2 is 2.15 bits per heavy atom. The van der Waals surface area contributed by atoms with E-state index in [2.05, 4.69) is 31.0 Å². The first-order chi connectivity index (χ1) is 13.0. The summed E-state index contributed by atoms with van der Waals surface area (Å²) in [5, 5.41) is 3.98. The Balaban J connectivity index is 1.61. The van der Waals surface area contributed by atoms with E-state index in [0.717, 1.165) is 58.6 Å². The van der Waals surface area contributed by atoms with E-state index in [1.165, 1.54) is 11.3 Å². The number of carbonyl (C=O) groups is 2. The van der Waals surface area contributed by atoms with Gasteiger partial charge in [0.15, 0.2) is 0 Å². The van der Waals surface area contributed by atoms with Gasteiger partial charge in [0, 0.05) is 48.5 Å². The molecule has 1 saturated heterocycles. The summed E-state index contributed by atoms with van der Waals surface area (Å²) in [4.78, 5) is 30.6. The molecular weight excluding hydrogens is 358 g/mol. The third-order valence-corrected chi connectivity index (χ3v) is 7.07. The van der Waals surface area contributed by atoms with Crippen LogP contribution in [0, 0.1) is 0 Å². The number of hydrogen-bond acceptors (Lipinski definition) is 4. The number of nitrogens with zero attached hydrogens (tertiary/aromatic N) is 2. The van der Waals surface area contributed by atoms with Gasteiger partial charge in [-0.15, -0.1) is 11.3 Å². The molecule has 144 valence electrons. The van der Waals surface area contributed by atoms with Crippen LogP contribution in [-0.4, -0.2) is 59.9 Å². The maximum atomic E-state index is 13.2. The van der Waals surface area contributed by atoms with E-state index in [-0.39, 0.29) is 11.8 Å². The predicted octanol–water partition coefficient (Wildman–Crippen LogP) is 3.13. The zero-order chi connectivity index (χ0) is 19.1. The molecule has 0 radical (unpaired) electrons. The zero-order valence-corrected chi connectivity index (χ0v) is 17.1. The highest BCUT2D eigenvalue weighted by Crippen LogP contribution is 2.34. The van der Waals surface area contributed by atoms with Crippen molar-refractivity contribution >= 4 is 33.2 Å². The highest BCUT2D eigenvalue weighted by Gasteiger charge is 2.30. The smallest absolute Gasteiger partial charge is 0.261 e. The van der Waals surface area contributed by atoms with Crippen LogP contribution in [0.4, 0.5) is 0 Å². The zero-order valence-electron chi connectivity index (χ0n) is 16.2. The minimum atomic E-state index is 0.0147. The summed E-state index contributed by atoms with van der Waals surface area (Å²) >= 11 is 1.53. The number of thiophene rings is 1. The summed E-state index contributed by atoms with van der Waals surface area (Å²) in [6, 6.07) is 6.85. The first-order valence-electron chi connectivity index (χ1n) is 9.88. The molecular formula is C21H27N3O2S. The molecule has 1 fully saturated rings. The molecule has 0 spiro atoms. The van der Waals surface area contributed by atoms with Crippen LogP contribution in [0.2, 0.25) is 0 Å². The van der Waals surface area contributed by atoms with Gasteiger partial charge in [-0.1, -0.05) is 6.92 Å². The lowest BCUT2D eigenvalue weighted by Gasteiger charge is -2.43. The van der Waals surface area contributed by atoms with E-state index in [9.17, 15) is 9.59 Å². The lowest BCUT2D eigenvalue weighted by molar-refractivity contribution is 0.0371. The second-order valence-corrected chi connectivity index (χ2v) is 8.82. The Bertz CT molecular complexity index is 889. The van der Waals surface area contributed by atoms with Gasteiger partial charge in [-0.05, 0) is 55.8 Å². The Kier molecular flexibility index (Phi) is 4.95.